The zero-order chi connectivity index (χ0) is 20.7. The Hall–Kier alpha value is -2.95. The fourth-order valence-electron chi connectivity index (χ4n) is 2.82. The van der Waals surface area contributed by atoms with Crippen LogP contribution in [0.5, 0.6) is 0 Å². The van der Waals surface area contributed by atoms with Gasteiger partial charge in [0.05, 0.1) is 5.92 Å². The molecule has 5 nitrogen and oxygen atoms in total. The first-order valence-electron chi connectivity index (χ1n) is 9.38. The summed E-state index contributed by atoms with van der Waals surface area (Å²) in [7, 11) is 0. The van der Waals surface area contributed by atoms with Crippen LogP contribution in [0.4, 0.5) is 0 Å². The quantitative estimate of drug-likeness (QED) is 0.768. The molecular formula is C23H27NO4. The van der Waals surface area contributed by atoms with E-state index in [4.69, 9.17) is 4.74 Å². The van der Waals surface area contributed by atoms with Crippen molar-refractivity contribution >= 4 is 17.8 Å². The van der Waals surface area contributed by atoms with Crippen LogP contribution in [0.15, 0.2) is 54.6 Å². The second kappa shape index (κ2) is 9.31. The lowest BCUT2D eigenvalue weighted by molar-refractivity contribution is -0.149. The minimum atomic E-state index is -0.652. The van der Waals surface area contributed by atoms with E-state index in [2.05, 4.69) is 26.1 Å². The van der Waals surface area contributed by atoms with Crippen LogP contribution in [0.3, 0.4) is 0 Å². The molecule has 0 radical (unpaired) electrons. The van der Waals surface area contributed by atoms with Gasteiger partial charge in [-0.05, 0) is 35.1 Å². The summed E-state index contributed by atoms with van der Waals surface area (Å²) < 4.78 is 5.11. The lowest BCUT2D eigenvalue weighted by Crippen LogP contribution is -2.34. The number of carbonyl (C=O) groups excluding carboxylic acids is 3. The highest BCUT2D eigenvalue weighted by atomic mass is 16.5. The van der Waals surface area contributed by atoms with Crippen molar-refractivity contribution in [1.29, 1.82) is 0 Å². The summed E-state index contributed by atoms with van der Waals surface area (Å²) in [6.07, 6.45) is 0.559. The summed E-state index contributed by atoms with van der Waals surface area (Å²) in [6, 6.07) is 16.4. The largest absolute Gasteiger partial charge is 0.455 e. The lowest BCUT2D eigenvalue weighted by Gasteiger charge is -2.19. The van der Waals surface area contributed by atoms with Crippen molar-refractivity contribution in [2.45, 2.75) is 45.4 Å². The van der Waals surface area contributed by atoms with Gasteiger partial charge in [-0.15, -0.1) is 0 Å². The molecule has 0 saturated carbocycles. The molecule has 0 aliphatic carbocycles. The Bertz CT molecular complexity index is 820. The molecule has 1 atom stereocenters. The van der Waals surface area contributed by atoms with Gasteiger partial charge < -0.3 is 4.74 Å². The molecule has 2 amide bonds. The summed E-state index contributed by atoms with van der Waals surface area (Å²) >= 11 is 0. The zero-order valence-corrected chi connectivity index (χ0v) is 16.8. The van der Waals surface area contributed by atoms with Gasteiger partial charge in [-0.25, -0.2) is 0 Å². The van der Waals surface area contributed by atoms with Gasteiger partial charge in [0.25, 0.3) is 11.8 Å². The highest BCUT2D eigenvalue weighted by Crippen LogP contribution is 2.22. The summed E-state index contributed by atoms with van der Waals surface area (Å²) in [5.41, 5.74) is 2.29. The number of carbonyl (C=O) groups is 3. The number of nitrogens with one attached hydrogen (secondary N) is 1. The highest BCUT2D eigenvalue weighted by molar-refractivity contribution is 6.05. The average Bonchev–Trinajstić information content (AvgIpc) is 2.67. The fraction of sp³-hybridized carbons (Fsp3) is 0.348. The van der Waals surface area contributed by atoms with Gasteiger partial charge >= 0.3 is 5.97 Å². The van der Waals surface area contributed by atoms with E-state index < -0.39 is 30.3 Å². The summed E-state index contributed by atoms with van der Waals surface area (Å²) in [6.45, 7) is 7.63. The molecule has 2 aromatic rings. The number of hydrogen-bond donors (Lipinski definition) is 1. The molecule has 0 heterocycles. The van der Waals surface area contributed by atoms with Crippen LogP contribution in [0.1, 0.15) is 61.5 Å². The molecule has 0 aliphatic heterocycles. The monoisotopic (exact) mass is 381 g/mol. The first-order chi connectivity index (χ1) is 13.2. The number of esters is 1. The molecule has 2 rings (SSSR count). The molecule has 0 fully saturated rings. The van der Waals surface area contributed by atoms with Crippen molar-refractivity contribution in [1.82, 2.24) is 5.32 Å². The number of benzene rings is 2. The van der Waals surface area contributed by atoms with E-state index in [0.717, 1.165) is 11.1 Å². The Morgan fingerprint density at radius 1 is 0.964 bits per heavy atom. The van der Waals surface area contributed by atoms with Crippen molar-refractivity contribution in [3.63, 3.8) is 0 Å². The second-order valence-electron chi connectivity index (χ2n) is 7.68. The van der Waals surface area contributed by atoms with Crippen molar-refractivity contribution in [2.75, 3.05) is 6.61 Å². The molecule has 0 aliphatic rings. The van der Waals surface area contributed by atoms with Crippen LogP contribution < -0.4 is 5.32 Å². The molecular weight excluding hydrogens is 354 g/mol. The van der Waals surface area contributed by atoms with Crippen molar-refractivity contribution in [2.24, 2.45) is 0 Å². The maximum atomic E-state index is 12.3. The van der Waals surface area contributed by atoms with E-state index in [9.17, 15) is 14.4 Å². The molecule has 1 N–H and O–H groups in total. The molecule has 5 heteroatoms. The third-order valence-corrected chi connectivity index (χ3v) is 4.51. The maximum absolute atomic E-state index is 12.3. The third-order valence-electron chi connectivity index (χ3n) is 4.51. The summed E-state index contributed by atoms with van der Waals surface area (Å²) in [4.78, 5) is 36.5. The predicted octanol–water partition coefficient (Wildman–Crippen LogP) is 3.98. The molecule has 0 unspecified atom stereocenters. The molecule has 2 aromatic carbocycles. The number of ether oxygens (including phenoxy) is 1. The summed E-state index contributed by atoms with van der Waals surface area (Å²) in [5, 5.41) is 2.25. The average molecular weight is 381 g/mol. The van der Waals surface area contributed by atoms with Gasteiger partial charge in [-0.2, -0.15) is 0 Å². The van der Waals surface area contributed by atoms with E-state index >= 15 is 0 Å². The molecule has 0 aromatic heterocycles. The fourth-order valence-corrected chi connectivity index (χ4v) is 2.82. The smallest absolute Gasteiger partial charge is 0.313 e. The van der Waals surface area contributed by atoms with Gasteiger partial charge in [-0.1, -0.05) is 70.2 Å². The SMILES string of the molecule is CC[C@H](C(=O)OCC(=O)NC(=O)c1ccc(C(C)(C)C)cc1)c1ccccc1. The zero-order valence-electron chi connectivity index (χ0n) is 16.8. The molecule has 0 saturated heterocycles. The van der Waals surface area contributed by atoms with Crippen LogP contribution in [-0.2, 0) is 19.7 Å². The van der Waals surface area contributed by atoms with E-state index in [-0.39, 0.29) is 5.41 Å². The molecule has 28 heavy (non-hydrogen) atoms. The number of amides is 2. The predicted molar refractivity (Wildman–Crippen MR) is 108 cm³/mol. The van der Waals surface area contributed by atoms with Gasteiger partial charge in [-0.3, -0.25) is 19.7 Å². The normalized spacial score (nSPS) is 12.1. The Morgan fingerprint density at radius 2 is 1.57 bits per heavy atom. The van der Waals surface area contributed by atoms with Crippen molar-refractivity contribution in [3.8, 4) is 0 Å². The van der Waals surface area contributed by atoms with Crippen LogP contribution in [0, 0.1) is 0 Å². The number of rotatable bonds is 6. The molecule has 0 bridgehead atoms. The van der Waals surface area contributed by atoms with E-state index in [1.165, 1.54) is 0 Å². The van der Waals surface area contributed by atoms with E-state index in [1.807, 2.05) is 49.4 Å². The lowest BCUT2D eigenvalue weighted by atomic mass is 9.87. The topological polar surface area (TPSA) is 72.5 Å². The van der Waals surface area contributed by atoms with Gasteiger partial charge in [0.15, 0.2) is 6.61 Å². The standard InChI is InChI=1S/C23H27NO4/c1-5-19(16-9-7-6-8-10-16)22(27)28-15-20(25)24-21(26)17-11-13-18(14-12-17)23(2,3)4/h6-14,19H,5,15H2,1-4H3,(H,24,25,26)/t19-/m0/s1. The van der Waals surface area contributed by atoms with Gasteiger partial charge in [0.2, 0.25) is 0 Å². The first-order valence-corrected chi connectivity index (χ1v) is 9.38. The van der Waals surface area contributed by atoms with Crippen LogP contribution in [0.25, 0.3) is 0 Å². The van der Waals surface area contributed by atoms with Crippen LogP contribution in [-0.4, -0.2) is 24.4 Å². The number of hydrogen-bond acceptors (Lipinski definition) is 4. The minimum absolute atomic E-state index is 0.0202. The Morgan fingerprint density at radius 3 is 2.11 bits per heavy atom. The maximum Gasteiger partial charge on any atom is 0.313 e. The van der Waals surface area contributed by atoms with Gasteiger partial charge in [0.1, 0.15) is 0 Å². The second-order valence-corrected chi connectivity index (χ2v) is 7.68. The third kappa shape index (κ3) is 5.78. The first kappa shape index (κ1) is 21.4. The Balaban J connectivity index is 1.89. The van der Waals surface area contributed by atoms with Crippen molar-refractivity contribution < 1.29 is 19.1 Å². The molecule has 148 valence electrons. The highest BCUT2D eigenvalue weighted by Gasteiger charge is 2.21. The van der Waals surface area contributed by atoms with Crippen LogP contribution >= 0.6 is 0 Å². The van der Waals surface area contributed by atoms with Gasteiger partial charge in [0, 0.05) is 5.56 Å². The Kier molecular flexibility index (Phi) is 7.10. The van der Waals surface area contributed by atoms with Crippen LogP contribution in [0.2, 0.25) is 0 Å². The summed E-state index contributed by atoms with van der Waals surface area (Å²) in [5.74, 6) is -2.08. The molecule has 0 spiro atoms. The van der Waals surface area contributed by atoms with E-state index in [1.54, 1.807) is 12.1 Å². The Labute approximate surface area is 166 Å². The van der Waals surface area contributed by atoms with Crippen molar-refractivity contribution in [3.05, 3.63) is 71.3 Å². The minimum Gasteiger partial charge on any atom is -0.455 e. The number of imide groups is 1. The van der Waals surface area contributed by atoms with E-state index in [0.29, 0.717) is 12.0 Å².